The fourth-order valence-corrected chi connectivity index (χ4v) is 3.16. The molecule has 0 fully saturated rings. The van der Waals surface area contributed by atoms with Crippen molar-refractivity contribution in [1.82, 2.24) is 0 Å². The Bertz CT molecular complexity index is 917. The lowest BCUT2D eigenvalue weighted by atomic mass is 10.1. The molecule has 4 nitrogen and oxygen atoms in total. The second kappa shape index (κ2) is 8.69. The van der Waals surface area contributed by atoms with E-state index < -0.39 is 6.10 Å². The van der Waals surface area contributed by atoms with E-state index in [9.17, 15) is 4.79 Å². The van der Waals surface area contributed by atoms with Crippen LogP contribution >= 0.6 is 0 Å². The molecular weight excluding hydrogens is 338 g/mol. The van der Waals surface area contributed by atoms with Crippen molar-refractivity contribution in [1.29, 1.82) is 0 Å². The maximum absolute atomic E-state index is 13.0. The normalized spacial score (nSPS) is 12.0. The first-order valence-electron chi connectivity index (χ1n) is 9.17. The van der Waals surface area contributed by atoms with Crippen LogP contribution in [0.1, 0.15) is 19.4 Å². The van der Waals surface area contributed by atoms with E-state index in [4.69, 9.17) is 9.47 Å². The first-order chi connectivity index (χ1) is 13.1. The van der Waals surface area contributed by atoms with Crippen LogP contribution in [0.4, 0.5) is 5.69 Å². The molecule has 0 aliphatic heterocycles. The highest BCUT2D eigenvalue weighted by atomic mass is 16.5. The van der Waals surface area contributed by atoms with Crippen molar-refractivity contribution >= 4 is 22.4 Å². The summed E-state index contributed by atoms with van der Waals surface area (Å²) < 4.78 is 11.1. The lowest BCUT2D eigenvalue weighted by Gasteiger charge is -2.26. The number of hydrogen-bond donors (Lipinski definition) is 0. The summed E-state index contributed by atoms with van der Waals surface area (Å²) in [5.74, 6) is 0.734. The molecule has 0 aliphatic carbocycles. The molecule has 140 valence electrons. The maximum atomic E-state index is 13.0. The van der Waals surface area contributed by atoms with Crippen LogP contribution < -0.4 is 9.64 Å². The zero-order valence-electron chi connectivity index (χ0n) is 16.0. The molecule has 0 aliphatic rings. The zero-order valence-corrected chi connectivity index (χ0v) is 16.0. The number of carbonyl (C=O) groups excluding carboxylic acids is 1. The first kappa shape index (κ1) is 18.9. The summed E-state index contributed by atoms with van der Waals surface area (Å²) in [7, 11) is 1.63. The van der Waals surface area contributed by atoms with Gasteiger partial charge >= 0.3 is 0 Å². The quantitative estimate of drug-likeness (QED) is 0.605. The number of nitrogens with zero attached hydrogens (tertiary/aromatic N) is 1. The fraction of sp³-hybridized carbons (Fsp3) is 0.261. The van der Waals surface area contributed by atoms with Crippen molar-refractivity contribution in [2.45, 2.75) is 26.6 Å². The van der Waals surface area contributed by atoms with Gasteiger partial charge in [-0.05, 0) is 43.0 Å². The SMILES string of the molecule is CCN(C(=O)C(C)OCc1cccc(OC)c1)c1cccc2ccccc12. The molecule has 3 aromatic rings. The summed E-state index contributed by atoms with van der Waals surface area (Å²) in [6, 6.07) is 21.8. The lowest BCUT2D eigenvalue weighted by molar-refractivity contribution is -0.129. The van der Waals surface area contributed by atoms with Crippen LogP contribution in [0.2, 0.25) is 0 Å². The second-order valence-electron chi connectivity index (χ2n) is 6.39. The second-order valence-corrected chi connectivity index (χ2v) is 6.39. The van der Waals surface area contributed by atoms with Crippen LogP contribution in [-0.4, -0.2) is 25.7 Å². The molecular formula is C23H25NO3. The number of hydrogen-bond acceptors (Lipinski definition) is 3. The number of ether oxygens (including phenoxy) is 2. The van der Waals surface area contributed by atoms with Crippen LogP contribution in [-0.2, 0) is 16.1 Å². The highest BCUT2D eigenvalue weighted by Crippen LogP contribution is 2.27. The van der Waals surface area contributed by atoms with E-state index in [1.807, 2.05) is 61.5 Å². The van der Waals surface area contributed by atoms with Gasteiger partial charge in [-0.15, -0.1) is 0 Å². The average molecular weight is 363 g/mol. The Hall–Kier alpha value is -2.85. The van der Waals surface area contributed by atoms with Crippen LogP contribution in [0.25, 0.3) is 10.8 Å². The van der Waals surface area contributed by atoms with Gasteiger partial charge < -0.3 is 14.4 Å². The summed E-state index contributed by atoms with van der Waals surface area (Å²) in [4.78, 5) is 14.8. The first-order valence-corrected chi connectivity index (χ1v) is 9.17. The van der Waals surface area contributed by atoms with Gasteiger partial charge in [0.15, 0.2) is 0 Å². The Morgan fingerprint density at radius 3 is 2.56 bits per heavy atom. The Balaban J connectivity index is 1.75. The molecule has 1 unspecified atom stereocenters. The highest BCUT2D eigenvalue weighted by Gasteiger charge is 2.22. The number of anilines is 1. The van der Waals surface area contributed by atoms with Crippen molar-refractivity contribution in [2.75, 3.05) is 18.6 Å². The molecule has 0 heterocycles. The standard InChI is InChI=1S/C23H25NO3/c1-4-24(22-14-8-11-19-10-5-6-13-21(19)22)23(25)17(2)27-16-18-9-7-12-20(15-18)26-3/h5-15,17H,4,16H2,1-3H3. The number of likely N-dealkylation sites (N-methyl/N-ethyl adjacent to an activating group) is 1. The summed E-state index contributed by atoms with van der Waals surface area (Å²) >= 11 is 0. The number of fused-ring (bicyclic) bond motifs is 1. The third kappa shape index (κ3) is 4.29. The average Bonchev–Trinajstić information content (AvgIpc) is 2.72. The predicted molar refractivity (Wildman–Crippen MR) is 109 cm³/mol. The number of benzene rings is 3. The van der Waals surface area contributed by atoms with Crippen LogP contribution in [0, 0.1) is 0 Å². The highest BCUT2D eigenvalue weighted by molar-refractivity contribution is 6.05. The van der Waals surface area contributed by atoms with Gasteiger partial charge in [0.1, 0.15) is 11.9 Å². The molecule has 1 atom stereocenters. The number of methoxy groups -OCH3 is 1. The van der Waals surface area contributed by atoms with Gasteiger partial charge in [0.2, 0.25) is 0 Å². The monoisotopic (exact) mass is 363 g/mol. The Morgan fingerprint density at radius 1 is 1.04 bits per heavy atom. The van der Waals surface area contributed by atoms with E-state index >= 15 is 0 Å². The van der Waals surface area contributed by atoms with Gasteiger partial charge in [0.05, 0.1) is 19.4 Å². The molecule has 0 N–H and O–H groups in total. The molecule has 3 aromatic carbocycles. The van der Waals surface area contributed by atoms with Crippen LogP contribution in [0.3, 0.4) is 0 Å². The van der Waals surface area contributed by atoms with E-state index in [0.717, 1.165) is 27.8 Å². The molecule has 0 bridgehead atoms. The molecule has 1 amide bonds. The summed E-state index contributed by atoms with van der Waals surface area (Å²) in [6.07, 6.45) is -0.546. The van der Waals surface area contributed by atoms with Crippen molar-refractivity contribution < 1.29 is 14.3 Å². The van der Waals surface area contributed by atoms with Crippen molar-refractivity contribution in [3.8, 4) is 5.75 Å². The van der Waals surface area contributed by atoms with Crippen LogP contribution in [0.5, 0.6) is 5.75 Å². The van der Waals surface area contributed by atoms with E-state index in [1.54, 1.807) is 18.9 Å². The van der Waals surface area contributed by atoms with Crippen molar-refractivity contribution in [3.05, 3.63) is 72.3 Å². The summed E-state index contributed by atoms with van der Waals surface area (Å²) in [5, 5.41) is 2.18. The topological polar surface area (TPSA) is 38.8 Å². The van der Waals surface area contributed by atoms with Gasteiger partial charge in [-0.1, -0.05) is 48.5 Å². The third-order valence-electron chi connectivity index (χ3n) is 4.62. The summed E-state index contributed by atoms with van der Waals surface area (Å²) in [6.45, 7) is 4.72. The Kier molecular flexibility index (Phi) is 6.09. The minimum Gasteiger partial charge on any atom is -0.497 e. The van der Waals surface area contributed by atoms with Gasteiger partial charge in [0, 0.05) is 11.9 Å². The third-order valence-corrected chi connectivity index (χ3v) is 4.62. The molecule has 0 aromatic heterocycles. The Labute approximate surface area is 160 Å². The number of rotatable bonds is 7. The van der Waals surface area contributed by atoms with E-state index in [0.29, 0.717) is 13.2 Å². The number of carbonyl (C=O) groups is 1. The van der Waals surface area contributed by atoms with Gasteiger partial charge in [-0.2, -0.15) is 0 Å². The van der Waals surface area contributed by atoms with Gasteiger partial charge in [-0.3, -0.25) is 4.79 Å². The Morgan fingerprint density at radius 2 is 1.78 bits per heavy atom. The molecule has 27 heavy (non-hydrogen) atoms. The largest absolute Gasteiger partial charge is 0.497 e. The lowest BCUT2D eigenvalue weighted by Crippen LogP contribution is -2.39. The smallest absolute Gasteiger partial charge is 0.255 e. The molecule has 4 heteroatoms. The minimum atomic E-state index is -0.546. The predicted octanol–water partition coefficient (Wildman–Crippen LogP) is 4.81. The fourth-order valence-electron chi connectivity index (χ4n) is 3.16. The van der Waals surface area contributed by atoms with E-state index in [-0.39, 0.29) is 5.91 Å². The van der Waals surface area contributed by atoms with Crippen molar-refractivity contribution in [2.24, 2.45) is 0 Å². The molecule has 0 spiro atoms. The molecule has 0 radical (unpaired) electrons. The van der Waals surface area contributed by atoms with E-state index in [2.05, 4.69) is 12.1 Å². The number of amides is 1. The van der Waals surface area contributed by atoms with Gasteiger partial charge in [0.25, 0.3) is 5.91 Å². The zero-order chi connectivity index (χ0) is 19.2. The van der Waals surface area contributed by atoms with E-state index in [1.165, 1.54) is 0 Å². The summed E-state index contributed by atoms with van der Waals surface area (Å²) in [5.41, 5.74) is 1.89. The molecule has 3 rings (SSSR count). The van der Waals surface area contributed by atoms with Crippen LogP contribution in [0.15, 0.2) is 66.7 Å². The molecule has 0 saturated heterocycles. The van der Waals surface area contributed by atoms with Crippen molar-refractivity contribution in [3.63, 3.8) is 0 Å². The maximum Gasteiger partial charge on any atom is 0.255 e. The molecule has 0 saturated carbocycles. The minimum absolute atomic E-state index is 0.0447. The van der Waals surface area contributed by atoms with Gasteiger partial charge in [-0.25, -0.2) is 0 Å².